The van der Waals surface area contributed by atoms with E-state index in [0.29, 0.717) is 11.6 Å². The highest BCUT2D eigenvalue weighted by Crippen LogP contribution is 2.34. The molecular formula is C12H17N3O3S. The molecule has 1 N–H and O–H groups in total. The van der Waals surface area contributed by atoms with Gasteiger partial charge in [0.05, 0.1) is 12.5 Å². The van der Waals surface area contributed by atoms with Crippen LogP contribution >= 0.6 is 11.3 Å². The fourth-order valence-electron chi connectivity index (χ4n) is 2.23. The van der Waals surface area contributed by atoms with Crippen LogP contribution in [0.25, 0.3) is 0 Å². The molecule has 1 saturated heterocycles. The SMILES string of the molecule is CCC[C@@H]1C[C@@](C)(C(=O)CNc2nncs2)OC1=O. The summed E-state index contributed by atoms with van der Waals surface area (Å²) in [4.78, 5) is 23.9. The number of aromatic nitrogens is 2. The summed E-state index contributed by atoms with van der Waals surface area (Å²) >= 11 is 1.32. The third kappa shape index (κ3) is 3.09. The smallest absolute Gasteiger partial charge is 0.310 e. The number of rotatable bonds is 6. The van der Waals surface area contributed by atoms with Crippen molar-refractivity contribution in [2.75, 3.05) is 11.9 Å². The monoisotopic (exact) mass is 283 g/mol. The molecule has 1 fully saturated rings. The van der Waals surface area contributed by atoms with Crippen molar-refractivity contribution in [3.8, 4) is 0 Å². The van der Waals surface area contributed by atoms with Gasteiger partial charge in [0.25, 0.3) is 0 Å². The van der Waals surface area contributed by atoms with E-state index in [1.54, 1.807) is 12.4 Å². The van der Waals surface area contributed by atoms with E-state index in [4.69, 9.17) is 4.74 Å². The first-order valence-electron chi connectivity index (χ1n) is 6.31. The molecule has 1 aromatic heterocycles. The van der Waals surface area contributed by atoms with Crippen molar-refractivity contribution < 1.29 is 14.3 Å². The molecule has 1 aliphatic heterocycles. The molecule has 0 bridgehead atoms. The Morgan fingerprint density at radius 3 is 3.11 bits per heavy atom. The van der Waals surface area contributed by atoms with E-state index in [-0.39, 0.29) is 24.2 Å². The minimum Gasteiger partial charge on any atom is -0.451 e. The fourth-order valence-corrected chi connectivity index (χ4v) is 2.68. The molecule has 1 aliphatic rings. The van der Waals surface area contributed by atoms with E-state index in [2.05, 4.69) is 15.5 Å². The lowest BCUT2D eigenvalue weighted by atomic mass is 9.89. The molecule has 2 heterocycles. The Balaban J connectivity index is 1.93. The Kier molecular flexibility index (Phi) is 4.14. The Labute approximate surface area is 115 Å². The minimum absolute atomic E-state index is 0.0951. The summed E-state index contributed by atoms with van der Waals surface area (Å²) in [6, 6.07) is 0. The quantitative estimate of drug-likeness (QED) is 0.799. The molecule has 1 aromatic rings. The third-order valence-electron chi connectivity index (χ3n) is 3.28. The Morgan fingerprint density at radius 2 is 2.47 bits per heavy atom. The van der Waals surface area contributed by atoms with Crippen molar-refractivity contribution in [2.24, 2.45) is 5.92 Å². The standard InChI is InChI=1S/C12H17N3O3S/c1-3-4-8-5-12(2,18-10(8)17)9(16)6-13-11-15-14-7-19-11/h7-8H,3-6H2,1-2H3,(H,13,15)/t8-,12+/m1/s1. The van der Waals surface area contributed by atoms with Crippen molar-refractivity contribution in [3.05, 3.63) is 5.51 Å². The molecule has 0 unspecified atom stereocenters. The zero-order valence-corrected chi connectivity index (χ0v) is 11.8. The van der Waals surface area contributed by atoms with Gasteiger partial charge in [-0.1, -0.05) is 24.7 Å². The van der Waals surface area contributed by atoms with Crippen LogP contribution in [0.4, 0.5) is 5.13 Å². The summed E-state index contributed by atoms with van der Waals surface area (Å²) in [6.45, 7) is 3.80. The van der Waals surface area contributed by atoms with Gasteiger partial charge in [-0.05, 0) is 13.3 Å². The third-order valence-corrected chi connectivity index (χ3v) is 3.93. The van der Waals surface area contributed by atoms with Crippen molar-refractivity contribution in [1.82, 2.24) is 10.2 Å². The molecular weight excluding hydrogens is 266 g/mol. The van der Waals surface area contributed by atoms with Gasteiger partial charge in [-0.15, -0.1) is 10.2 Å². The molecule has 0 radical (unpaired) electrons. The van der Waals surface area contributed by atoms with E-state index < -0.39 is 5.60 Å². The van der Waals surface area contributed by atoms with Gasteiger partial charge < -0.3 is 10.1 Å². The summed E-state index contributed by atoms with van der Waals surface area (Å²) in [6.07, 6.45) is 2.15. The maximum Gasteiger partial charge on any atom is 0.310 e. The van der Waals surface area contributed by atoms with Gasteiger partial charge in [-0.3, -0.25) is 9.59 Å². The van der Waals surface area contributed by atoms with Gasteiger partial charge in [-0.25, -0.2) is 0 Å². The molecule has 6 nitrogen and oxygen atoms in total. The molecule has 104 valence electrons. The van der Waals surface area contributed by atoms with Crippen LogP contribution in [0, 0.1) is 5.92 Å². The number of carbonyl (C=O) groups is 2. The lowest BCUT2D eigenvalue weighted by Crippen LogP contribution is -2.39. The van der Waals surface area contributed by atoms with E-state index in [1.165, 1.54) is 11.3 Å². The normalized spacial score (nSPS) is 26.2. The largest absolute Gasteiger partial charge is 0.451 e. The molecule has 2 atom stereocenters. The van der Waals surface area contributed by atoms with Crippen molar-refractivity contribution in [1.29, 1.82) is 0 Å². The number of Topliss-reactive ketones (excluding diaryl/α,β-unsaturated/α-hetero) is 1. The first-order valence-corrected chi connectivity index (χ1v) is 7.19. The number of esters is 1. The molecule has 2 rings (SSSR count). The predicted molar refractivity (Wildman–Crippen MR) is 70.9 cm³/mol. The average molecular weight is 283 g/mol. The second-order valence-electron chi connectivity index (χ2n) is 4.86. The minimum atomic E-state index is -1.01. The summed E-state index contributed by atoms with van der Waals surface area (Å²) in [7, 11) is 0. The zero-order chi connectivity index (χ0) is 13.9. The maximum absolute atomic E-state index is 12.2. The van der Waals surface area contributed by atoms with Crippen LogP contribution in [0.1, 0.15) is 33.1 Å². The summed E-state index contributed by atoms with van der Waals surface area (Å²) in [5, 5.41) is 10.9. The van der Waals surface area contributed by atoms with Crippen molar-refractivity contribution in [2.45, 2.75) is 38.7 Å². The molecule has 0 saturated carbocycles. The van der Waals surface area contributed by atoms with Gasteiger partial charge in [0.15, 0.2) is 11.4 Å². The van der Waals surface area contributed by atoms with Crippen LogP contribution in [0.2, 0.25) is 0 Å². The van der Waals surface area contributed by atoms with Crippen LogP contribution < -0.4 is 5.32 Å². The fraction of sp³-hybridized carbons (Fsp3) is 0.667. The van der Waals surface area contributed by atoms with Crippen molar-refractivity contribution >= 4 is 28.2 Å². The van der Waals surface area contributed by atoms with Crippen LogP contribution in [0.15, 0.2) is 5.51 Å². The van der Waals surface area contributed by atoms with E-state index in [1.807, 2.05) is 6.92 Å². The van der Waals surface area contributed by atoms with E-state index >= 15 is 0 Å². The van der Waals surface area contributed by atoms with Gasteiger partial charge >= 0.3 is 5.97 Å². The van der Waals surface area contributed by atoms with Crippen LogP contribution in [-0.2, 0) is 14.3 Å². The molecule has 0 aliphatic carbocycles. The predicted octanol–water partition coefficient (Wildman–Crippen LogP) is 1.64. The van der Waals surface area contributed by atoms with Gasteiger partial charge in [0.2, 0.25) is 5.13 Å². The Morgan fingerprint density at radius 1 is 1.68 bits per heavy atom. The number of hydrogen-bond donors (Lipinski definition) is 1. The highest BCUT2D eigenvalue weighted by molar-refractivity contribution is 7.13. The Bertz CT molecular complexity index is 463. The second-order valence-corrected chi connectivity index (χ2v) is 5.70. The lowest BCUT2D eigenvalue weighted by Gasteiger charge is -2.20. The number of cyclic esters (lactones) is 1. The number of carbonyl (C=O) groups excluding carboxylic acids is 2. The summed E-state index contributed by atoms with van der Waals surface area (Å²) in [5.74, 6) is -0.538. The number of nitrogens with zero attached hydrogens (tertiary/aromatic N) is 2. The van der Waals surface area contributed by atoms with Crippen LogP contribution in [0.5, 0.6) is 0 Å². The summed E-state index contributed by atoms with van der Waals surface area (Å²) < 4.78 is 5.28. The first-order chi connectivity index (χ1) is 9.05. The highest BCUT2D eigenvalue weighted by atomic mass is 32.1. The number of nitrogens with one attached hydrogen (secondary N) is 1. The zero-order valence-electron chi connectivity index (χ0n) is 11.0. The van der Waals surface area contributed by atoms with Gasteiger partial charge in [0, 0.05) is 6.42 Å². The molecule has 0 spiro atoms. The second kappa shape index (κ2) is 5.64. The number of ether oxygens (including phenoxy) is 1. The van der Waals surface area contributed by atoms with Crippen LogP contribution in [-0.4, -0.2) is 34.1 Å². The maximum atomic E-state index is 12.2. The topological polar surface area (TPSA) is 81.2 Å². The number of anilines is 1. The molecule has 0 aromatic carbocycles. The lowest BCUT2D eigenvalue weighted by molar-refractivity contribution is -0.156. The Hall–Kier alpha value is -1.50. The van der Waals surface area contributed by atoms with Crippen LogP contribution in [0.3, 0.4) is 0 Å². The van der Waals surface area contributed by atoms with Crippen molar-refractivity contribution in [3.63, 3.8) is 0 Å². The first kappa shape index (κ1) is 13.9. The molecule has 19 heavy (non-hydrogen) atoms. The molecule has 0 amide bonds. The van der Waals surface area contributed by atoms with Gasteiger partial charge in [-0.2, -0.15) is 0 Å². The summed E-state index contributed by atoms with van der Waals surface area (Å²) in [5.41, 5.74) is 0.579. The average Bonchev–Trinajstić information content (AvgIpc) is 2.96. The van der Waals surface area contributed by atoms with Gasteiger partial charge in [0.1, 0.15) is 5.51 Å². The van der Waals surface area contributed by atoms with E-state index in [9.17, 15) is 9.59 Å². The highest BCUT2D eigenvalue weighted by Gasteiger charge is 2.47. The van der Waals surface area contributed by atoms with E-state index in [0.717, 1.165) is 12.8 Å². The number of hydrogen-bond acceptors (Lipinski definition) is 7. The molecule has 7 heteroatoms. The number of ketones is 1.